The van der Waals surface area contributed by atoms with Gasteiger partial charge < -0.3 is 20.5 Å². The Balaban J connectivity index is 2.03. The minimum Gasteiger partial charge on any atom is -0.444 e. The van der Waals surface area contributed by atoms with E-state index in [0.717, 1.165) is 22.0 Å². The lowest BCUT2D eigenvalue weighted by Crippen LogP contribution is -2.36. The number of rotatable bonds is 8. The van der Waals surface area contributed by atoms with E-state index in [4.69, 9.17) is 14.7 Å². The number of nitrogens with zero attached hydrogens (tertiary/aromatic N) is 3. The maximum Gasteiger partial charge on any atom is 0.408 e. The molecule has 0 bridgehead atoms. The highest BCUT2D eigenvalue weighted by molar-refractivity contribution is 5.92. The summed E-state index contributed by atoms with van der Waals surface area (Å²) >= 11 is 0. The number of hydrogen-bond donors (Lipinski definition) is 3. The van der Waals surface area contributed by atoms with E-state index in [-0.39, 0.29) is 6.61 Å². The van der Waals surface area contributed by atoms with Crippen molar-refractivity contribution in [2.45, 2.75) is 52.7 Å². The average molecular weight is 452 g/mol. The number of ether oxygens (including phenoxy) is 1. The molecule has 0 spiro atoms. The van der Waals surface area contributed by atoms with Crippen LogP contribution in [0.2, 0.25) is 0 Å². The van der Waals surface area contributed by atoms with Crippen LogP contribution in [0.5, 0.6) is 0 Å². The van der Waals surface area contributed by atoms with Gasteiger partial charge in [-0.15, -0.1) is 0 Å². The second kappa shape index (κ2) is 10.6. The normalized spacial score (nSPS) is 12.6. The second-order valence-electron chi connectivity index (χ2n) is 9.38. The standard InChI is InChI=1S/C25H33N5O3/c1-16(2)14-21(29-24(32)33-25(3,4)5)23-28-20-7-6-18(17-8-10-26-11-9-17)15-19(20)22(30-23)27-12-13-31/h6-11,15-16,21,31H,12-14H2,1-5H3,(H,29,32)(H,27,28,30). The molecule has 0 saturated heterocycles. The van der Waals surface area contributed by atoms with Crippen LogP contribution in [-0.4, -0.2) is 44.9 Å². The maximum absolute atomic E-state index is 12.5. The number of carbonyl (C=O) groups excluding carboxylic acids is 1. The lowest BCUT2D eigenvalue weighted by atomic mass is 10.0. The first-order valence-electron chi connectivity index (χ1n) is 11.2. The fraction of sp³-hybridized carbons (Fsp3) is 0.440. The van der Waals surface area contributed by atoms with Crippen LogP contribution in [0.25, 0.3) is 22.0 Å². The molecule has 1 aromatic carbocycles. The molecule has 176 valence electrons. The molecule has 0 fully saturated rings. The van der Waals surface area contributed by atoms with Crippen LogP contribution in [-0.2, 0) is 4.74 Å². The lowest BCUT2D eigenvalue weighted by molar-refractivity contribution is 0.0495. The molecule has 0 aliphatic rings. The average Bonchev–Trinajstić information content (AvgIpc) is 2.75. The Morgan fingerprint density at radius 2 is 1.82 bits per heavy atom. The number of anilines is 1. The fourth-order valence-electron chi connectivity index (χ4n) is 3.49. The first kappa shape index (κ1) is 24.4. The highest BCUT2D eigenvalue weighted by atomic mass is 16.6. The largest absolute Gasteiger partial charge is 0.444 e. The number of fused-ring (bicyclic) bond motifs is 1. The van der Waals surface area contributed by atoms with E-state index in [1.54, 1.807) is 12.4 Å². The number of aromatic nitrogens is 3. The molecule has 1 amide bonds. The van der Waals surface area contributed by atoms with Crippen LogP contribution < -0.4 is 10.6 Å². The van der Waals surface area contributed by atoms with E-state index in [0.29, 0.717) is 30.5 Å². The van der Waals surface area contributed by atoms with Gasteiger partial charge in [0.05, 0.1) is 18.2 Å². The van der Waals surface area contributed by atoms with E-state index < -0.39 is 17.7 Å². The van der Waals surface area contributed by atoms with Crippen molar-refractivity contribution < 1.29 is 14.6 Å². The summed E-state index contributed by atoms with van der Waals surface area (Å²) in [6.45, 7) is 9.96. The summed E-state index contributed by atoms with van der Waals surface area (Å²) in [4.78, 5) is 26.1. The molecule has 0 aliphatic carbocycles. The molecule has 3 aromatic rings. The number of aliphatic hydroxyl groups excluding tert-OH is 1. The minimum atomic E-state index is -0.603. The number of amides is 1. The first-order valence-corrected chi connectivity index (χ1v) is 11.2. The highest BCUT2D eigenvalue weighted by Crippen LogP contribution is 2.29. The van der Waals surface area contributed by atoms with Crippen molar-refractivity contribution in [1.82, 2.24) is 20.3 Å². The Morgan fingerprint density at radius 3 is 2.45 bits per heavy atom. The third-order valence-electron chi connectivity index (χ3n) is 4.84. The van der Waals surface area contributed by atoms with Crippen molar-refractivity contribution in [1.29, 1.82) is 0 Å². The summed E-state index contributed by atoms with van der Waals surface area (Å²) in [5.41, 5.74) is 2.19. The summed E-state index contributed by atoms with van der Waals surface area (Å²) in [6.07, 6.45) is 3.65. The van der Waals surface area contributed by atoms with Crippen molar-refractivity contribution >= 4 is 22.8 Å². The molecule has 3 N–H and O–H groups in total. The summed E-state index contributed by atoms with van der Waals surface area (Å²) < 4.78 is 5.46. The van der Waals surface area contributed by atoms with Crippen LogP contribution in [0.4, 0.5) is 10.6 Å². The van der Waals surface area contributed by atoms with Gasteiger partial charge in [0.1, 0.15) is 11.4 Å². The van der Waals surface area contributed by atoms with Gasteiger partial charge >= 0.3 is 6.09 Å². The van der Waals surface area contributed by atoms with Gasteiger partial charge in [0.15, 0.2) is 5.82 Å². The smallest absolute Gasteiger partial charge is 0.408 e. The molecule has 0 aliphatic heterocycles. The Hall–Kier alpha value is -3.26. The van der Waals surface area contributed by atoms with E-state index in [2.05, 4.69) is 29.5 Å². The van der Waals surface area contributed by atoms with E-state index in [1.165, 1.54) is 0 Å². The maximum atomic E-state index is 12.5. The number of carbonyl (C=O) groups is 1. The Kier molecular flexibility index (Phi) is 7.81. The van der Waals surface area contributed by atoms with Gasteiger partial charge in [-0.3, -0.25) is 4.98 Å². The molecule has 3 rings (SSSR count). The molecule has 2 heterocycles. The fourth-order valence-corrected chi connectivity index (χ4v) is 3.49. The zero-order valence-electron chi connectivity index (χ0n) is 19.9. The van der Waals surface area contributed by atoms with Crippen LogP contribution in [0.3, 0.4) is 0 Å². The molecule has 0 saturated carbocycles. The van der Waals surface area contributed by atoms with Gasteiger partial charge in [-0.2, -0.15) is 0 Å². The van der Waals surface area contributed by atoms with Gasteiger partial charge in [-0.1, -0.05) is 19.9 Å². The van der Waals surface area contributed by atoms with Crippen LogP contribution in [0, 0.1) is 5.92 Å². The Labute approximate surface area is 194 Å². The SMILES string of the molecule is CC(C)CC(NC(=O)OC(C)(C)C)c1nc(NCCO)c2cc(-c3ccncc3)ccc2n1. The number of alkyl carbamates (subject to hydrolysis) is 1. The lowest BCUT2D eigenvalue weighted by Gasteiger charge is -2.24. The summed E-state index contributed by atoms with van der Waals surface area (Å²) in [6, 6.07) is 9.44. The third-order valence-corrected chi connectivity index (χ3v) is 4.84. The number of pyridine rings is 1. The minimum absolute atomic E-state index is 0.0313. The monoisotopic (exact) mass is 451 g/mol. The quantitative estimate of drug-likeness (QED) is 0.455. The molecule has 33 heavy (non-hydrogen) atoms. The number of aliphatic hydroxyl groups is 1. The molecular weight excluding hydrogens is 418 g/mol. The van der Waals surface area contributed by atoms with E-state index >= 15 is 0 Å². The van der Waals surface area contributed by atoms with Crippen LogP contribution in [0.15, 0.2) is 42.7 Å². The first-order chi connectivity index (χ1) is 15.7. The molecule has 8 nitrogen and oxygen atoms in total. The van der Waals surface area contributed by atoms with Crippen molar-refractivity contribution in [2.24, 2.45) is 5.92 Å². The predicted molar refractivity (Wildman–Crippen MR) is 130 cm³/mol. The second-order valence-corrected chi connectivity index (χ2v) is 9.38. The summed E-state index contributed by atoms with van der Waals surface area (Å²) in [5, 5.41) is 16.3. The van der Waals surface area contributed by atoms with Gasteiger partial charge in [0.25, 0.3) is 0 Å². The number of benzene rings is 1. The Morgan fingerprint density at radius 1 is 1.09 bits per heavy atom. The predicted octanol–water partition coefficient (Wildman–Crippen LogP) is 4.71. The van der Waals surface area contributed by atoms with Gasteiger partial charge in [-0.25, -0.2) is 14.8 Å². The topological polar surface area (TPSA) is 109 Å². The van der Waals surface area contributed by atoms with Crippen molar-refractivity contribution in [3.05, 3.63) is 48.5 Å². The molecule has 8 heteroatoms. The number of nitrogens with one attached hydrogen (secondary N) is 2. The third kappa shape index (κ3) is 6.86. The van der Waals surface area contributed by atoms with E-state index in [9.17, 15) is 9.90 Å². The zero-order valence-corrected chi connectivity index (χ0v) is 19.9. The molecule has 1 unspecified atom stereocenters. The molecule has 0 radical (unpaired) electrons. The van der Waals surface area contributed by atoms with E-state index in [1.807, 2.05) is 51.1 Å². The van der Waals surface area contributed by atoms with Crippen molar-refractivity contribution in [2.75, 3.05) is 18.5 Å². The molecule has 2 aromatic heterocycles. The van der Waals surface area contributed by atoms with Crippen molar-refractivity contribution in [3.63, 3.8) is 0 Å². The van der Waals surface area contributed by atoms with Gasteiger partial charge in [0, 0.05) is 24.3 Å². The van der Waals surface area contributed by atoms with Crippen LogP contribution >= 0.6 is 0 Å². The molecule has 1 atom stereocenters. The summed E-state index contributed by atoms with van der Waals surface area (Å²) in [7, 11) is 0. The molecular formula is C25H33N5O3. The summed E-state index contributed by atoms with van der Waals surface area (Å²) in [5.74, 6) is 1.41. The van der Waals surface area contributed by atoms with Crippen LogP contribution in [0.1, 0.15) is 52.9 Å². The number of hydrogen-bond acceptors (Lipinski definition) is 7. The zero-order chi connectivity index (χ0) is 24.0. The van der Waals surface area contributed by atoms with Gasteiger partial charge in [-0.05, 0) is 68.5 Å². The van der Waals surface area contributed by atoms with Crippen molar-refractivity contribution in [3.8, 4) is 11.1 Å². The Bertz CT molecular complexity index is 1080. The van der Waals surface area contributed by atoms with Gasteiger partial charge in [0.2, 0.25) is 0 Å². The highest BCUT2D eigenvalue weighted by Gasteiger charge is 2.24.